The summed E-state index contributed by atoms with van der Waals surface area (Å²) in [7, 11) is 0. The normalized spacial score (nSPS) is 17.8. The maximum absolute atomic E-state index is 5.93. The van der Waals surface area contributed by atoms with Gasteiger partial charge in [-0.3, -0.25) is 4.99 Å². The van der Waals surface area contributed by atoms with Crippen LogP contribution >= 0.6 is 0 Å². The number of rotatable bonds is 6. The first kappa shape index (κ1) is 14.3. The molecule has 0 radical (unpaired) electrons. The maximum atomic E-state index is 5.93. The molecule has 4 nitrogen and oxygen atoms in total. The lowest BCUT2D eigenvalue weighted by atomic mass is 10.1. The van der Waals surface area contributed by atoms with E-state index >= 15 is 0 Å². The van der Waals surface area contributed by atoms with Gasteiger partial charge in [0.1, 0.15) is 0 Å². The standard InChI is InChI=1S/C13H27N3O/c1-12(2)6-10-17-11-7-15-13(14)16-8-4-3-5-9-16/h12H,3-11H2,1-2H3,(H2,14,15). The molecule has 0 aliphatic carbocycles. The van der Waals surface area contributed by atoms with Gasteiger partial charge in [0, 0.05) is 19.7 Å². The third-order valence-corrected chi connectivity index (χ3v) is 3.03. The van der Waals surface area contributed by atoms with E-state index in [0.717, 1.165) is 26.1 Å². The molecule has 0 bridgehead atoms. The third-order valence-electron chi connectivity index (χ3n) is 3.03. The first-order valence-corrected chi connectivity index (χ1v) is 6.82. The Hall–Kier alpha value is -0.770. The number of hydrogen-bond acceptors (Lipinski definition) is 2. The Kier molecular flexibility index (Phi) is 7.01. The molecule has 0 atom stereocenters. The van der Waals surface area contributed by atoms with Crippen molar-refractivity contribution in [3.05, 3.63) is 0 Å². The van der Waals surface area contributed by atoms with Crippen LogP contribution < -0.4 is 5.73 Å². The lowest BCUT2D eigenvalue weighted by Crippen LogP contribution is -2.41. The van der Waals surface area contributed by atoms with Crippen LogP contribution in [-0.4, -0.2) is 43.7 Å². The van der Waals surface area contributed by atoms with Crippen molar-refractivity contribution in [1.29, 1.82) is 0 Å². The van der Waals surface area contributed by atoms with Crippen LogP contribution in [0, 0.1) is 5.92 Å². The smallest absolute Gasteiger partial charge is 0.191 e. The zero-order valence-corrected chi connectivity index (χ0v) is 11.3. The SMILES string of the molecule is CC(C)CCOCCN=C(N)N1CCCCC1. The van der Waals surface area contributed by atoms with E-state index in [4.69, 9.17) is 10.5 Å². The van der Waals surface area contributed by atoms with Crippen molar-refractivity contribution >= 4 is 5.96 Å². The summed E-state index contributed by atoms with van der Waals surface area (Å²) in [5.74, 6) is 1.40. The predicted octanol–water partition coefficient (Wildman–Crippen LogP) is 1.85. The number of likely N-dealkylation sites (tertiary alicyclic amines) is 1. The van der Waals surface area contributed by atoms with Crippen molar-refractivity contribution in [3.8, 4) is 0 Å². The molecule has 0 spiro atoms. The minimum atomic E-state index is 0.681. The van der Waals surface area contributed by atoms with Crippen LogP contribution in [0.3, 0.4) is 0 Å². The summed E-state index contributed by atoms with van der Waals surface area (Å²) in [6.45, 7) is 8.72. The Morgan fingerprint density at radius 3 is 2.59 bits per heavy atom. The van der Waals surface area contributed by atoms with E-state index in [2.05, 4.69) is 23.7 Å². The van der Waals surface area contributed by atoms with E-state index < -0.39 is 0 Å². The van der Waals surface area contributed by atoms with Gasteiger partial charge in [0.15, 0.2) is 5.96 Å². The molecule has 1 fully saturated rings. The van der Waals surface area contributed by atoms with Crippen LogP contribution in [0.1, 0.15) is 39.5 Å². The molecule has 0 saturated carbocycles. The van der Waals surface area contributed by atoms with E-state index in [9.17, 15) is 0 Å². The number of piperidine rings is 1. The summed E-state index contributed by atoms with van der Waals surface area (Å²) < 4.78 is 5.50. The summed E-state index contributed by atoms with van der Waals surface area (Å²) in [5, 5.41) is 0. The molecule has 100 valence electrons. The highest BCUT2D eigenvalue weighted by atomic mass is 16.5. The Morgan fingerprint density at radius 1 is 1.24 bits per heavy atom. The summed E-state index contributed by atoms with van der Waals surface area (Å²) in [5.41, 5.74) is 5.93. The van der Waals surface area contributed by atoms with Crippen molar-refractivity contribution in [2.45, 2.75) is 39.5 Å². The van der Waals surface area contributed by atoms with E-state index in [1.54, 1.807) is 0 Å². The van der Waals surface area contributed by atoms with Crippen molar-refractivity contribution in [2.75, 3.05) is 32.8 Å². The fourth-order valence-corrected chi connectivity index (χ4v) is 1.87. The highest BCUT2D eigenvalue weighted by Crippen LogP contribution is 2.07. The van der Waals surface area contributed by atoms with Crippen LogP contribution in [0.2, 0.25) is 0 Å². The lowest BCUT2D eigenvalue weighted by molar-refractivity contribution is 0.130. The Bertz CT molecular complexity index is 223. The lowest BCUT2D eigenvalue weighted by Gasteiger charge is -2.27. The molecule has 17 heavy (non-hydrogen) atoms. The van der Waals surface area contributed by atoms with Gasteiger partial charge in [-0.25, -0.2) is 0 Å². The quantitative estimate of drug-likeness (QED) is 0.438. The summed E-state index contributed by atoms with van der Waals surface area (Å²) in [4.78, 5) is 6.54. The van der Waals surface area contributed by atoms with Gasteiger partial charge in [-0.15, -0.1) is 0 Å². The molecule has 0 amide bonds. The van der Waals surface area contributed by atoms with Gasteiger partial charge in [0.05, 0.1) is 13.2 Å². The molecule has 1 aliphatic rings. The summed E-state index contributed by atoms with van der Waals surface area (Å²) >= 11 is 0. The van der Waals surface area contributed by atoms with Gasteiger partial charge in [-0.05, 0) is 31.6 Å². The Labute approximate surface area is 105 Å². The fourth-order valence-electron chi connectivity index (χ4n) is 1.87. The largest absolute Gasteiger partial charge is 0.380 e. The van der Waals surface area contributed by atoms with E-state index in [1.807, 2.05) is 0 Å². The van der Waals surface area contributed by atoms with E-state index in [0.29, 0.717) is 25.0 Å². The topological polar surface area (TPSA) is 50.9 Å². The zero-order chi connectivity index (χ0) is 12.5. The first-order chi connectivity index (χ1) is 8.20. The van der Waals surface area contributed by atoms with Gasteiger partial charge in [0.2, 0.25) is 0 Å². The van der Waals surface area contributed by atoms with Crippen molar-refractivity contribution < 1.29 is 4.74 Å². The number of guanidine groups is 1. The van der Waals surface area contributed by atoms with Crippen LogP contribution in [0.25, 0.3) is 0 Å². The highest BCUT2D eigenvalue weighted by Gasteiger charge is 2.11. The van der Waals surface area contributed by atoms with Crippen LogP contribution in [0.5, 0.6) is 0 Å². The molecule has 0 unspecified atom stereocenters. The van der Waals surface area contributed by atoms with Gasteiger partial charge >= 0.3 is 0 Å². The Balaban J connectivity index is 2.06. The van der Waals surface area contributed by atoms with Crippen molar-refractivity contribution in [1.82, 2.24) is 4.90 Å². The number of ether oxygens (including phenoxy) is 1. The molecule has 0 aromatic carbocycles. The average molecular weight is 241 g/mol. The van der Waals surface area contributed by atoms with Gasteiger partial charge < -0.3 is 15.4 Å². The third kappa shape index (κ3) is 6.51. The molecule has 0 aromatic rings. The number of aliphatic imine (C=N–C) groups is 1. The second-order valence-corrected chi connectivity index (χ2v) is 5.08. The molecular formula is C13H27N3O. The van der Waals surface area contributed by atoms with E-state index in [-0.39, 0.29) is 0 Å². The molecule has 4 heteroatoms. The summed E-state index contributed by atoms with van der Waals surface area (Å²) in [6.07, 6.45) is 4.91. The molecule has 1 saturated heterocycles. The average Bonchev–Trinajstić information content (AvgIpc) is 2.34. The second-order valence-electron chi connectivity index (χ2n) is 5.08. The predicted molar refractivity (Wildman–Crippen MR) is 72.2 cm³/mol. The number of nitrogens with two attached hydrogens (primary N) is 1. The zero-order valence-electron chi connectivity index (χ0n) is 11.3. The van der Waals surface area contributed by atoms with Gasteiger partial charge in [-0.1, -0.05) is 13.8 Å². The molecule has 0 aromatic heterocycles. The minimum Gasteiger partial charge on any atom is -0.380 e. The van der Waals surface area contributed by atoms with Crippen molar-refractivity contribution in [3.63, 3.8) is 0 Å². The van der Waals surface area contributed by atoms with Crippen LogP contribution in [0.4, 0.5) is 0 Å². The monoisotopic (exact) mass is 241 g/mol. The molecule has 1 aliphatic heterocycles. The fraction of sp³-hybridized carbons (Fsp3) is 0.923. The molecule has 1 rings (SSSR count). The Morgan fingerprint density at radius 2 is 1.94 bits per heavy atom. The highest BCUT2D eigenvalue weighted by molar-refractivity contribution is 5.78. The molecular weight excluding hydrogens is 214 g/mol. The van der Waals surface area contributed by atoms with Crippen LogP contribution in [0.15, 0.2) is 4.99 Å². The summed E-state index contributed by atoms with van der Waals surface area (Å²) in [6, 6.07) is 0. The minimum absolute atomic E-state index is 0.681. The number of nitrogens with zero attached hydrogens (tertiary/aromatic N) is 2. The van der Waals surface area contributed by atoms with Crippen molar-refractivity contribution in [2.24, 2.45) is 16.6 Å². The maximum Gasteiger partial charge on any atom is 0.191 e. The van der Waals surface area contributed by atoms with Crippen LogP contribution in [-0.2, 0) is 4.74 Å². The van der Waals surface area contributed by atoms with Gasteiger partial charge in [0.25, 0.3) is 0 Å². The number of hydrogen-bond donors (Lipinski definition) is 1. The molecule has 2 N–H and O–H groups in total. The first-order valence-electron chi connectivity index (χ1n) is 6.82. The van der Waals surface area contributed by atoms with Gasteiger partial charge in [-0.2, -0.15) is 0 Å². The molecule has 1 heterocycles. The second kappa shape index (κ2) is 8.34. The van der Waals surface area contributed by atoms with E-state index in [1.165, 1.54) is 19.3 Å².